The zero-order chi connectivity index (χ0) is 15.2. The van der Waals surface area contributed by atoms with E-state index in [0.717, 1.165) is 6.42 Å². The lowest BCUT2D eigenvalue weighted by Gasteiger charge is -2.16. The van der Waals surface area contributed by atoms with Crippen molar-refractivity contribution in [3.05, 3.63) is 63.9 Å². The molecular weight excluding hydrogens is 307 g/mol. The van der Waals surface area contributed by atoms with Gasteiger partial charge in [-0.15, -0.1) is 0 Å². The maximum absolute atomic E-state index is 12.1. The monoisotopic (exact) mass is 322 g/mol. The van der Waals surface area contributed by atoms with Crippen LogP contribution in [-0.2, 0) is 0 Å². The highest BCUT2D eigenvalue weighted by Crippen LogP contribution is 2.20. The second-order valence-electron chi connectivity index (χ2n) is 4.72. The maximum atomic E-state index is 12.1. The van der Waals surface area contributed by atoms with Crippen LogP contribution in [0.25, 0.3) is 0 Å². The standard InChI is InChI=1S/C16H16Cl2N2O/c1-2-11(12-6-4-3-5-7-12)9-20-16(21)13-8-14(17)15(18)19-10-13/h3-8,10-11H,2,9H2,1H3,(H,20,21). The van der Waals surface area contributed by atoms with Crippen LogP contribution in [0.2, 0.25) is 10.2 Å². The smallest absolute Gasteiger partial charge is 0.252 e. The zero-order valence-electron chi connectivity index (χ0n) is 11.6. The number of carbonyl (C=O) groups is 1. The Hall–Kier alpha value is -1.58. The van der Waals surface area contributed by atoms with Gasteiger partial charge in [-0.1, -0.05) is 60.5 Å². The highest BCUT2D eigenvalue weighted by atomic mass is 35.5. The van der Waals surface area contributed by atoms with Gasteiger partial charge < -0.3 is 5.32 Å². The van der Waals surface area contributed by atoms with Crippen molar-refractivity contribution < 1.29 is 4.79 Å². The molecule has 110 valence electrons. The Bertz CT molecular complexity index is 617. The molecule has 3 nitrogen and oxygen atoms in total. The van der Waals surface area contributed by atoms with E-state index in [-0.39, 0.29) is 22.0 Å². The summed E-state index contributed by atoms with van der Waals surface area (Å²) in [5.41, 5.74) is 1.62. The molecule has 1 atom stereocenters. The number of rotatable bonds is 5. The van der Waals surface area contributed by atoms with E-state index in [9.17, 15) is 4.79 Å². The largest absolute Gasteiger partial charge is 0.351 e. The summed E-state index contributed by atoms with van der Waals surface area (Å²) in [6.07, 6.45) is 2.37. The van der Waals surface area contributed by atoms with Gasteiger partial charge in [0.15, 0.2) is 0 Å². The molecule has 2 aromatic rings. The molecule has 1 N–H and O–H groups in total. The van der Waals surface area contributed by atoms with Crippen LogP contribution in [0.3, 0.4) is 0 Å². The third-order valence-corrected chi connectivity index (χ3v) is 4.02. The summed E-state index contributed by atoms with van der Waals surface area (Å²) in [5, 5.41) is 3.39. The molecule has 5 heteroatoms. The summed E-state index contributed by atoms with van der Waals surface area (Å²) in [7, 11) is 0. The number of pyridine rings is 1. The lowest BCUT2D eigenvalue weighted by molar-refractivity contribution is 0.0950. The number of nitrogens with zero attached hydrogens (tertiary/aromatic N) is 1. The minimum Gasteiger partial charge on any atom is -0.351 e. The summed E-state index contributed by atoms with van der Waals surface area (Å²) in [6.45, 7) is 2.67. The number of nitrogens with one attached hydrogen (secondary N) is 1. The first-order valence-electron chi connectivity index (χ1n) is 6.76. The molecule has 21 heavy (non-hydrogen) atoms. The van der Waals surface area contributed by atoms with Crippen molar-refractivity contribution in [2.45, 2.75) is 19.3 Å². The van der Waals surface area contributed by atoms with Crippen molar-refractivity contribution in [2.75, 3.05) is 6.54 Å². The molecule has 0 radical (unpaired) electrons. The molecule has 0 saturated carbocycles. The number of carbonyl (C=O) groups excluding carboxylic acids is 1. The molecular formula is C16H16Cl2N2O. The first-order chi connectivity index (χ1) is 10.1. The fourth-order valence-electron chi connectivity index (χ4n) is 2.09. The van der Waals surface area contributed by atoms with E-state index in [2.05, 4.69) is 29.4 Å². The van der Waals surface area contributed by atoms with Gasteiger partial charge >= 0.3 is 0 Å². The van der Waals surface area contributed by atoms with Crippen molar-refractivity contribution in [3.63, 3.8) is 0 Å². The van der Waals surface area contributed by atoms with Crippen molar-refractivity contribution >= 4 is 29.1 Å². The number of amides is 1. The number of halogens is 2. The van der Waals surface area contributed by atoms with E-state index in [1.807, 2.05) is 18.2 Å². The molecule has 0 bridgehead atoms. The van der Waals surface area contributed by atoms with Gasteiger partial charge in [0.1, 0.15) is 5.15 Å². The molecule has 1 unspecified atom stereocenters. The van der Waals surface area contributed by atoms with Gasteiger partial charge in [0.2, 0.25) is 0 Å². The molecule has 1 aromatic heterocycles. The molecule has 0 aliphatic carbocycles. The molecule has 1 heterocycles. The van der Waals surface area contributed by atoms with E-state index in [1.54, 1.807) is 0 Å². The minimum atomic E-state index is -0.199. The Morgan fingerprint density at radius 2 is 2.00 bits per heavy atom. The van der Waals surface area contributed by atoms with Gasteiger partial charge in [0.25, 0.3) is 5.91 Å². The van der Waals surface area contributed by atoms with Gasteiger partial charge in [0.05, 0.1) is 10.6 Å². The summed E-state index contributed by atoms with van der Waals surface area (Å²) < 4.78 is 0. The molecule has 0 aliphatic heterocycles. The van der Waals surface area contributed by atoms with E-state index in [1.165, 1.54) is 17.8 Å². The highest BCUT2D eigenvalue weighted by Gasteiger charge is 2.13. The Kier molecular flexibility index (Phi) is 5.59. The zero-order valence-corrected chi connectivity index (χ0v) is 13.2. The maximum Gasteiger partial charge on any atom is 0.252 e. The normalized spacial score (nSPS) is 12.0. The van der Waals surface area contributed by atoms with Gasteiger partial charge in [-0.2, -0.15) is 0 Å². The predicted molar refractivity (Wildman–Crippen MR) is 86.1 cm³/mol. The third kappa shape index (κ3) is 4.19. The molecule has 0 saturated heterocycles. The Balaban J connectivity index is 2.01. The van der Waals surface area contributed by atoms with Crippen LogP contribution in [0.5, 0.6) is 0 Å². The van der Waals surface area contributed by atoms with Crippen LogP contribution < -0.4 is 5.32 Å². The number of benzene rings is 1. The first kappa shape index (κ1) is 15.8. The van der Waals surface area contributed by atoms with Crippen LogP contribution in [0.1, 0.15) is 35.2 Å². The van der Waals surface area contributed by atoms with E-state index in [0.29, 0.717) is 12.1 Å². The van der Waals surface area contributed by atoms with Crippen LogP contribution >= 0.6 is 23.2 Å². The molecule has 0 spiro atoms. The summed E-state index contributed by atoms with van der Waals surface area (Å²) in [5.74, 6) is 0.0846. The second-order valence-corrected chi connectivity index (χ2v) is 5.49. The van der Waals surface area contributed by atoms with E-state index >= 15 is 0 Å². The second kappa shape index (κ2) is 7.43. The first-order valence-corrected chi connectivity index (χ1v) is 7.51. The average Bonchev–Trinajstić information content (AvgIpc) is 2.51. The SMILES string of the molecule is CCC(CNC(=O)c1cnc(Cl)c(Cl)c1)c1ccccc1. The third-order valence-electron chi connectivity index (χ3n) is 3.33. The summed E-state index contributed by atoms with van der Waals surface area (Å²) in [6, 6.07) is 11.7. The highest BCUT2D eigenvalue weighted by molar-refractivity contribution is 6.41. The topological polar surface area (TPSA) is 42.0 Å². The number of aromatic nitrogens is 1. The van der Waals surface area contributed by atoms with Crippen molar-refractivity contribution in [1.82, 2.24) is 10.3 Å². The van der Waals surface area contributed by atoms with E-state index in [4.69, 9.17) is 23.2 Å². The van der Waals surface area contributed by atoms with Crippen molar-refractivity contribution in [3.8, 4) is 0 Å². The van der Waals surface area contributed by atoms with Gasteiger partial charge in [-0.05, 0) is 18.1 Å². The minimum absolute atomic E-state index is 0.198. The fraction of sp³-hybridized carbons (Fsp3) is 0.250. The quantitative estimate of drug-likeness (QED) is 0.833. The molecule has 1 amide bonds. The molecule has 0 aliphatic rings. The van der Waals surface area contributed by atoms with Gasteiger partial charge in [0, 0.05) is 18.7 Å². The molecule has 1 aromatic carbocycles. The Morgan fingerprint density at radius 3 is 2.62 bits per heavy atom. The fourth-order valence-corrected chi connectivity index (χ4v) is 2.36. The van der Waals surface area contributed by atoms with E-state index < -0.39 is 0 Å². The van der Waals surface area contributed by atoms with Crippen molar-refractivity contribution in [1.29, 1.82) is 0 Å². The molecule has 2 rings (SSSR count). The van der Waals surface area contributed by atoms with Crippen LogP contribution in [-0.4, -0.2) is 17.4 Å². The lowest BCUT2D eigenvalue weighted by atomic mass is 9.96. The van der Waals surface area contributed by atoms with Crippen molar-refractivity contribution in [2.24, 2.45) is 0 Å². The van der Waals surface area contributed by atoms with Gasteiger partial charge in [-0.3, -0.25) is 4.79 Å². The summed E-state index contributed by atoms with van der Waals surface area (Å²) in [4.78, 5) is 16.0. The molecule has 0 fully saturated rings. The van der Waals surface area contributed by atoms with Gasteiger partial charge in [-0.25, -0.2) is 4.98 Å². The lowest BCUT2D eigenvalue weighted by Crippen LogP contribution is -2.28. The van der Waals surface area contributed by atoms with Crippen LogP contribution in [0, 0.1) is 0 Å². The van der Waals surface area contributed by atoms with Crippen LogP contribution in [0.4, 0.5) is 0 Å². The Morgan fingerprint density at radius 1 is 1.29 bits per heavy atom. The summed E-state index contributed by atoms with van der Waals surface area (Å²) >= 11 is 11.6. The predicted octanol–water partition coefficient (Wildman–Crippen LogP) is 4.31. The number of hydrogen-bond acceptors (Lipinski definition) is 2. The number of hydrogen-bond donors (Lipinski definition) is 1. The Labute approximate surface area is 134 Å². The van der Waals surface area contributed by atoms with Crippen LogP contribution in [0.15, 0.2) is 42.6 Å². The average molecular weight is 323 g/mol.